The van der Waals surface area contributed by atoms with Crippen LogP contribution >= 0.6 is 0 Å². The lowest BCUT2D eigenvalue weighted by atomic mass is 9.72. The normalized spacial score (nSPS) is 24.6. The molecule has 0 radical (unpaired) electrons. The highest BCUT2D eigenvalue weighted by Crippen LogP contribution is 2.38. The van der Waals surface area contributed by atoms with E-state index in [-0.39, 0.29) is 11.7 Å². The smallest absolute Gasteiger partial charge is 0.236 e. The minimum Gasteiger partial charge on any atom is -0.409 e. The van der Waals surface area contributed by atoms with Crippen molar-refractivity contribution in [2.75, 3.05) is 32.7 Å². The van der Waals surface area contributed by atoms with Gasteiger partial charge < -0.3 is 20.7 Å². The highest BCUT2D eigenvalue weighted by atomic mass is 16.4. The Bertz CT molecular complexity index is 369. The summed E-state index contributed by atoms with van der Waals surface area (Å²) in [5, 5.41) is 12.2. The van der Waals surface area contributed by atoms with E-state index in [1.807, 2.05) is 4.90 Å². The molecule has 0 aromatic rings. The average Bonchev–Trinajstić information content (AvgIpc) is 2.54. The number of nitrogens with zero attached hydrogens (tertiary/aromatic N) is 3. The summed E-state index contributed by atoms with van der Waals surface area (Å²) in [6.45, 7) is 6.47. The highest BCUT2D eigenvalue weighted by molar-refractivity contribution is 6.06. The van der Waals surface area contributed by atoms with Crippen LogP contribution in [-0.2, 0) is 4.79 Å². The molecule has 0 aromatic carbocycles. The Kier molecular flexibility index (Phi) is 4.86. The first kappa shape index (κ1) is 15.1. The number of hydrogen-bond acceptors (Lipinski definition) is 4. The van der Waals surface area contributed by atoms with Crippen molar-refractivity contribution in [3.8, 4) is 0 Å². The summed E-state index contributed by atoms with van der Waals surface area (Å²) in [5.41, 5.74) is 5.12. The molecule has 0 unspecified atom stereocenters. The second kappa shape index (κ2) is 6.43. The van der Waals surface area contributed by atoms with Gasteiger partial charge in [-0.3, -0.25) is 4.79 Å². The third-order valence-corrected chi connectivity index (χ3v) is 4.82. The van der Waals surface area contributed by atoms with Crippen LogP contribution in [0.4, 0.5) is 0 Å². The minimum atomic E-state index is -0.763. The maximum atomic E-state index is 12.9. The molecule has 0 spiro atoms. The van der Waals surface area contributed by atoms with E-state index in [0.717, 1.165) is 52.0 Å². The number of hydrogen-bond donors (Lipinski definition) is 2. The van der Waals surface area contributed by atoms with Crippen LogP contribution in [0.5, 0.6) is 0 Å². The molecule has 6 nitrogen and oxygen atoms in total. The predicted molar refractivity (Wildman–Crippen MR) is 77.6 cm³/mol. The van der Waals surface area contributed by atoms with E-state index in [1.54, 1.807) is 0 Å². The van der Waals surface area contributed by atoms with Crippen LogP contribution in [0.2, 0.25) is 0 Å². The van der Waals surface area contributed by atoms with E-state index >= 15 is 0 Å². The van der Waals surface area contributed by atoms with E-state index in [4.69, 9.17) is 10.9 Å². The Labute approximate surface area is 120 Å². The average molecular weight is 282 g/mol. The minimum absolute atomic E-state index is 0.0586. The van der Waals surface area contributed by atoms with Gasteiger partial charge in [-0.05, 0) is 19.4 Å². The van der Waals surface area contributed by atoms with Crippen LogP contribution in [0, 0.1) is 5.41 Å². The lowest BCUT2D eigenvalue weighted by molar-refractivity contribution is -0.141. The number of piperazine rings is 1. The summed E-state index contributed by atoms with van der Waals surface area (Å²) in [7, 11) is 0. The monoisotopic (exact) mass is 282 g/mol. The summed E-state index contributed by atoms with van der Waals surface area (Å²) < 4.78 is 0. The number of carbonyl (C=O) groups is 1. The van der Waals surface area contributed by atoms with Crippen molar-refractivity contribution >= 4 is 11.7 Å². The van der Waals surface area contributed by atoms with E-state index < -0.39 is 5.41 Å². The van der Waals surface area contributed by atoms with Gasteiger partial charge in [0, 0.05) is 26.2 Å². The molecular weight excluding hydrogens is 256 g/mol. The first-order valence-corrected chi connectivity index (χ1v) is 7.64. The first-order valence-electron chi connectivity index (χ1n) is 7.64. The molecule has 1 aliphatic carbocycles. The summed E-state index contributed by atoms with van der Waals surface area (Å²) in [6, 6.07) is 0. The third-order valence-electron chi connectivity index (χ3n) is 4.82. The van der Waals surface area contributed by atoms with E-state index in [0.29, 0.717) is 12.8 Å². The maximum absolute atomic E-state index is 12.9. The first-order chi connectivity index (χ1) is 9.64. The van der Waals surface area contributed by atoms with Gasteiger partial charge in [0.05, 0.1) is 0 Å². The van der Waals surface area contributed by atoms with E-state index in [2.05, 4.69) is 17.0 Å². The van der Waals surface area contributed by atoms with Crippen LogP contribution in [-0.4, -0.2) is 59.5 Å². The molecule has 1 saturated heterocycles. The Morgan fingerprint density at radius 2 is 1.80 bits per heavy atom. The number of nitrogens with two attached hydrogens (primary N) is 1. The Morgan fingerprint density at radius 3 is 2.30 bits per heavy atom. The van der Waals surface area contributed by atoms with Gasteiger partial charge in [0.25, 0.3) is 0 Å². The second-order valence-corrected chi connectivity index (χ2v) is 5.85. The molecule has 2 fully saturated rings. The van der Waals surface area contributed by atoms with Crippen molar-refractivity contribution < 1.29 is 10.0 Å². The number of amidine groups is 1. The number of rotatable bonds is 3. The highest BCUT2D eigenvalue weighted by Gasteiger charge is 2.46. The summed E-state index contributed by atoms with van der Waals surface area (Å²) >= 11 is 0. The Hall–Kier alpha value is -1.30. The molecule has 2 aliphatic rings. The lowest BCUT2D eigenvalue weighted by Gasteiger charge is -2.42. The molecule has 3 N–H and O–H groups in total. The number of carbonyl (C=O) groups excluding carboxylic acids is 1. The fourth-order valence-corrected chi connectivity index (χ4v) is 3.40. The van der Waals surface area contributed by atoms with Gasteiger partial charge in [-0.2, -0.15) is 0 Å². The molecule has 1 aliphatic heterocycles. The molecule has 0 bridgehead atoms. The van der Waals surface area contributed by atoms with Gasteiger partial charge in [0.15, 0.2) is 5.84 Å². The Morgan fingerprint density at radius 1 is 1.20 bits per heavy atom. The van der Waals surface area contributed by atoms with Gasteiger partial charge in [0.1, 0.15) is 5.41 Å². The van der Waals surface area contributed by atoms with Gasteiger partial charge in [-0.1, -0.05) is 31.3 Å². The zero-order valence-electron chi connectivity index (χ0n) is 12.3. The van der Waals surface area contributed by atoms with Crippen LogP contribution in [0.25, 0.3) is 0 Å². The quantitative estimate of drug-likeness (QED) is 0.348. The molecule has 20 heavy (non-hydrogen) atoms. The molecule has 6 heteroatoms. The maximum Gasteiger partial charge on any atom is 0.236 e. The topological polar surface area (TPSA) is 82.2 Å². The summed E-state index contributed by atoms with van der Waals surface area (Å²) in [4.78, 5) is 17.1. The molecule has 1 heterocycles. The molecule has 114 valence electrons. The number of oxime groups is 1. The SMILES string of the molecule is CCN1CCN(C(=O)C2(C(N)=NO)CCCCC2)CC1. The van der Waals surface area contributed by atoms with Crippen molar-refractivity contribution in [1.82, 2.24) is 9.80 Å². The molecule has 0 aromatic heterocycles. The van der Waals surface area contributed by atoms with E-state index in [1.165, 1.54) is 0 Å². The molecule has 1 saturated carbocycles. The van der Waals surface area contributed by atoms with Gasteiger partial charge in [-0.25, -0.2) is 0 Å². The largest absolute Gasteiger partial charge is 0.409 e. The number of likely N-dealkylation sites (N-methyl/N-ethyl adjacent to an activating group) is 1. The fraction of sp³-hybridized carbons (Fsp3) is 0.857. The molecule has 2 rings (SSSR count). The van der Waals surface area contributed by atoms with Gasteiger partial charge >= 0.3 is 0 Å². The standard InChI is InChI=1S/C14H26N4O2/c1-2-17-8-10-18(11-9-17)13(19)14(12(15)16-20)6-4-3-5-7-14/h20H,2-11H2,1H3,(H2,15,16). The molecule has 0 atom stereocenters. The summed E-state index contributed by atoms with van der Waals surface area (Å²) in [6.07, 6.45) is 4.47. The zero-order chi connectivity index (χ0) is 14.6. The number of amides is 1. The third kappa shape index (κ3) is 2.75. The predicted octanol–water partition coefficient (Wildman–Crippen LogP) is 0.847. The second-order valence-electron chi connectivity index (χ2n) is 5.85. The lowest BCUT2D eigenvalue weighted by Crippen LogP contribution is -2.57. The van der Waals surface area contributed by atoms with Crippen molar-refractivity contribution in [1.29, 1.82) is 0 Å². The van der Waals surface area contributed by atoms with Crippen molar-refractivity contribution in [2.45, 2.75) is 39.0 Å². The Balaban J connectivity index is 2.11. The van der Waals surface area contributed by atoms with Crippen LogP contribution in [0.3, 0.4) is 0 Å². The van der Waals surface area contributed by atoms with Crippen LogP contribution in [0.15, 0.2) is 5.16 Å². The van der Waals surface area contributed by atoms with Crippen LogP contribution < -0.4 is 5.73 Å². The van der Waals surface area contributed by atoms with Gasteiger partial charge in [-0.15, -0.1) is 0 Å². The van der Waals surface area contributed by atoms with Crippen molar-refractivity contribution in [2.24, 2.45) is 16.3 Å². The molecule has 1 amide bonds. The summed E-state index contributed by atoms with van der Waals surface area (Å²) in [5.74, 6) is 0.156. The van der Waals surface area contributed by atoms with Crippen molar-refractivity contribution in [3.63, 3.8) is 0 Å². The van der Waals surface area contributed by atoms with Crippen molar-refractivity contribution in [3.05, 3.63) is 0 Å². The van der Waals surface area contributed by atoms with E-state index in [9.17, 15) is 4.79 Å². The fourth-order valence-electron chi connectivity index (χ4n) is 3.40. The molecular formula is C14H26N4O2. The van der Waals surface area contributed by atoms with Crippen LogP contribution in [0.1, 0.15) is 39.0 Å². The zero-order valence-corrected chi connectivity index (χ0v) is 12.3. The van der Waals surface area contributed by atoms with Gasteiger partial charge in [0.2, 0.25) is 5.91 Å².